The quantitative estimate of drug-likeness (QED) is 0.769. The van der Waals surface area contributed by atoms with E-state index in [9.17, 15) is 4.79 Å². The van der Waals surface area contributed by atoms with E-state index in [0.717, 1.165) is 25.9 Å². The summed E-state index contributed by atoms with van der Waals surface area (Å²) in [5, 5.41) is 9.15. The Morgan fingerprint density at radius 1 is 1.47 bits per heavy atom. The molecular formula is C11H21NO3. The molecule has 1 aliphatic rings. The Bertz CT molecular complexity index is 210. The number of morpholine rings is 1. The lowest BCUT2D eigenvalue weighted by Gasteiger charge is -2.38. The van der Waals surface area contributed by atoms with Crippen molar-refractivity contribution in [2.75, 3.05) is 13.1 Å². The molecule has 3 atom stereocenters. The van der Waals surface area contributed by atoms with Crippen LogP contribution in [-0.2, 0) is 9.53 Å². The van der Waals surface area contributed by atoms with Crippen molar-refractivity contribution < 1.29 is 14.6 Å². The predicted molar refractivity (Wildman–Crippen MR) is 57.9 cm³/mol. The average Bonchev–Trinajstić information content (AvgIpc) is 2.11. The van der Waals surface area contributed by atoms with Crippen molar-refractivity contribution in [2.24, 2.45) is 0 Å². The van der Waals surface area contributed by atoms with Gasteiger partial charge in [0.25, 0.3) is 0 Å². The van der Waals surface area contributed by atoms with E-state index in [1.807, 2.05) is 25.7 Å². The number of hydrogen-bond donors (Lipinski definition) is 1. The molecule has 88 valence electrons. The number of nitrogens with zero attached hydrogens (tertiary/aromatic N) is 1. The molecule has 0 saturated carbocycles. The van der Waals surface area contributed by atoms with Gasteiger partial charge in [0.2, 0.25) is 0 Å². The number of carbonyl (C=O) groups is 1. The minimum atomic E-state index is -0.710. The molecule has 0 spiro atoms. The molecule has 0 radical (unpaired) electrons. The molecule has 15 heavy (non-hydrogen) atoms. The van der Waals surface area contributed by atoms with Crippen LogP contribution in [0.2, 0.25) is 0 Å². The Hall–Kier alpha value is -0.610. The maximum Gasteiger partial charge on any atom is 0.320 e. The van der Waals surface area contributed by atoms with Gasteiger partial charge in [-0.05, 0) is 20.3 Å². The molecule has 1 aliphatic heterocycles. The van der Waals surface area contributed by atoms with Crippen molar-refractivity contribution in [3.05, 3.63) is 0 Å². The molecule has 1 N–H and O–H groups in total. The fraction of sp³-hybridized carbons (Fsp3) is 0.909. The largest absolute Gasteiger partial charge is 0.480 e. The van der Waals surface area contributed by atoms with Gasteiger partial charge in [0, 0.05) is 13.1 Å². The molecule has 1 heterocycles. The van der Waals surface area contributed by atoms with Gasteiger partial charge in [0.15, 0.2) is 0 Å². The molecule has 1 saturated heterocycles. The van der Waals surface area contributed by atoms with Crippen LogP contribution < -0.4 is 0 Å². The highest BCUT2D eigenvalue weighted by Crippen LogP contribution is 2.16. The van der Waals surface area contributed by atoms with Crippen molar-refractivity contribution in [1.29, 1.82) is 0 Å². The fourth-order valence-electron chi connectivity index (χ4n) is 2.21. The Balaban J connectivity index is 2.61. The maximum absolute atomic E-state index is 11.1. The minimum absolute atomic E-state index is 0.132. The van der Waals surface area contributed by atoms with Crippen LogP contribution in [0.5, 0.6) is 0 Å². The molecule has 0 bridgehead atoms. The van der Waals surface area contributed by atoms with Crippen molar-refractivity contribution in [3.8, 4) is 0 Å². The first-order valence-corrected chi connectivity index (χ1v) is 5.67. The van der Waals surface area contributed by atoms with Gasteiger partial charge >= 0.3 is 5.97 Å². The molecule has 0 amide bonds. The molecule has 1 fully saturated rings. The second-order valence-corrected chi connectivity index (χ2v) is 4.35. The molecule has 0 aromatic rings. The summed E-state index contributed by atoms with van der Waals surface area (Å²) in [5.41, 5.74) is 0. The van der Waals surface area contributed by atoms with Gasteiger partial charge in [0.05, 0.1) is 12.2 Å². The van der Waals surface area contributed by atoms with Crippen LogP contribution in [0.3, 0.4) is 0 Å². The van der Waals surface area contributed by atoms with Gasteiger partial charge < -0.3 is 9.84 Å². The normalized spacial score (nSPS) is 30.1. The monoisotopic (exact) mass is 215 g/mol. The van der Waals surface area contributed by atoms with Crippen LogP contribution in [0.15, 0.2) is 0 Å². The van der Waals surface area contributed by atoms with Crippen molar-refractivity contribution in [3.63, 3.8) is 0 Å². The minimum Gasteiger partial charge on any atom is -0.480 e. The molecule has 4 heteroatoms. The third-order valence-electron chi connectivity index (χ3n) is 2.74. The van der Waals surface area contributed by atoms with Crippen molar-refractivity contribution in [1.82, 2.24) is 4.90 Å². The Morgan fingerprint density at radius 3 is 2.40 bits per heavy atom. The molecular weight excluding hydrogens is 194 g/mol. The van der Waals surface area contributed by atoms with E-state index in [4.69, 9.17) is 9.84 Å². The summed E-state index contributed by atoms with van der Waals surface area (Å²) >= 11 is 0. The summed E-state index contributed by atoms with van der Waals surface area (Å²) in [4.78, 5) is 13.2. The van der Waals surface area contributed by atoms with Crippen LogP contribution in [-0.4, -0.2) is 47.3 Å². The first-order valence-electron chi connectivity index (χ1n) is 5.67. The van der Waals surface area contributed by atoms with Gasteiger partial charge in [-0.2, -0.15) is 0 Å². The molecule has 1 rings (SSSR count). The topological polar surface area (TPSA) is 49.8 Å². The average molecular weight is 215 g/mol. The van der Waals surface area contributed by atoms with Crippen LogP contribution in [0.4, 0.5) is 0 Å². The molecule has 0 aromatic heterocycles. The fourth-order valence-corrected chi connectivity index (χ4v) is 2.21. The summed E-state index contributed by atoms with van der Waals surface area (Å²) in [5.74, 6) is -0.710. The number of carboxylic acid groups (broad SMARTS) is 1. The molecule has 4 nitrogen and oxygen atoms in total. The van der Waals surface area contributed by atoms with E-state index in [-0.39, 0.29) is 18.2 Å². The highest BCUT2D eigenvalue weighted by Gasteiger charge is 2.31. The smallest absolute Gasteiger partial charge is 0.320 e. The number of aliphatic carboxylic acids is 1. The zero-order valence-corrected chi connectivity index (χ0v) is 9.77. The highest BCUT2D eigenvalue weighted by molar-refractivity contribution is 5.73. The highest BCUT2D eigenvalue weighted by atomic mass is 16.5. The Morgan fingerprint density at radius 2 is 2.00 bits per heavy atom. The summed E-state index contributed by atoms with van der Waals surface area (Å²) < 4.78 is 5.59. The van der Waals surface area contributed by atoms with Crippen LogP contribution in [0, 0.1) is 0 Å². The Labute approximate surface area is 91.2 Å². The third-order valence-corrected chi connectivity index (χ3v) is 2.74. The molecule has 0 aromatic carbocycles. The first kappa shape index (κ1) is 12.5. The number of hydrogen-bond acceptors (Lipinski definition) is 3. The van der Waals surface area contributed by atoms with Crippen molar-refractivity contribution in [2.45, 2.75) is 51.9 Å². The number of carboxylic acids is 1. The lowest BCUT2D eigenvalue weighted by Crippen LogP contribution is -2.52. The van der Waals surface area contributed by atoms with E-state index in [2.05, 4.69) is 0 Å². The summed E-state index contributed by atoms with van der Waals surface area (Å²) in [6, 6.07) is -0.344. The van der Waals surface area contributed by atoms with Gasteiger partial charge in [-0.1, -0.05) is 13.3 Å². The van der Waals surface area contributed by atoms with E-state index >= 15 is 0 Å². The van der Waals surface area contributed by atoms with Gasteiger partial charge in [-0.3, -0.25) is 9.69 Å². The maximum atomic E-state index is 11.1. The lowest BCUT2D eigenvalue weighted by atomic mass is 10.1. The zero-order valence-electron chi connectivity index (χ0n) is 9.77. The van der Waals surface area contributed by atoms with Gasteiger partial charge in [0.1, 0.15) is 6.04 Å². The predicted octanol–water partition coefficient (Wildman–Crippen LogP) is 1.35. The van der Waals surface area contributed by atoms with E-state index in [1.165, 1.54) is 0 Å². The number of ether oxygens (including phenoxy) is 1. The second-order valence-electron chi connectivity index (χ2n) is 4.35. The molecule has 0 unspecified atom stereocenters. The van der Waals surface area contributed by atoms with Crippen LogP contribution in [0.25, 0.3) is 0 Å². The molecule has 0 aliphatic carbocycles. The SMILES string of the molecule is CCC[C@@H](C(=O)O)N1C[C@@H](C)O[C@@H](C)C1. The van der Waals surface area contributed by atoms with Crippen molar-refractivity contribution >= 4 is 5.97 Å². The van der Waals surface area contributed by atoms with E-state index < -0.39 is 5.97 Å². The third kappa shape index (κ3) is 3.47. The standard InChI is InChI=1S/C11H21NO3/c1-4-5-10(11(13)14)12-6-8(2)15-9(3)7-12/h8-10H,4-7H2,1-3H3,(H,13,14)/t8-,9+,10-/m0/s1. The number of rotatable bonds is 4. The summed E-state index contributed by atoms with van der Waals surface area (Å²) in [7, 11) is 0. The first-order chi connectivity index (χ1) is 7.04. The Kier molecular flexibility index (Phi) is 4.54. The zero-order chi connectivity index (χ0) is 11.4. The summed E-state index contributed by atoms with van der Waals surface area (Å²) in [6.45, 7) is 7.45. The second kappa shape index (κ2) is 5.47. The van der Waals surface area contributed by atoms with E-state index in [1.54, 1.807) is 0 Å². The van der Waals surface area contributed by atoms with Gasteiger partial charge in [-0.25, -0.2) is 0 Å². The van der Waals surface area contributed by atoms with E-state index in [0.29, 0.717) is 0 Å². The van der Waals surface area contributed by atoms with Crippen LogP contribution >= 0.6 is 0 Å². The van der Waals surface area contributed by atoms with Crippen LogP contribution in [0.1, 0.15) is 33.6 Å². The lowest BCUT2D eigenvalue weighted by molar-refractivity contribution is -0.149. The van der Waals surface area contributed by atoms with Gasteiger partial charge in [-0.15, -0.1) is 0 Å². The summed E-state index contributed by atoms with van der Waals surface area (Å²) in [6.07, 6.45) is 1.88.